The molecule has 0 aliphatic rings. The van der Waals surface area contributed by atoms with E-state index in [0.29, 0.717) is 17.8 Å². The van der Waals surface area contributed by atoms with Crippen LogP contribution in [0.5, 0.6) is 0 Å². The molecule has 0 bridgehead atoms. The lowest BCUT2D eigenvalue weighted by molar-refractivity contribution is 0.0706. The third kappa shape index (κ3) is 3.04. The number of hydrogen-bond donors (Lipinski definition) is 2. The van der Waals surface area contributed by atoms with Crippen LogP contribution in [0.1, 0.15) is 15.9 Å². The van der Waals surface area contributed by atoms with Crippen molar-refractivity contribution in [2.75, 3.05) is 0 Å². The third-order valence-corrected chi connectivity index (χ3v) is 4.66. The molecule has 27 heavy (non-hydrogen) atoms. The zero-order valence-corrected chi connectivity index (χ0v) is 14.7. The Morgan fingerprint density at radius 3 is 2.56 bits per heavy atom. The molecule has 0 aliphatic carbocycles. The van der Waals surface area contributed by atoms with E-state index in [1.165, 1.54) is 4.57 Å². The van der Waals surface area contributed by atoms with Crippen LogP contribution in [-0.2, 0) is 13.6 Å². The van der Waals surface area contributed by atoms with Gasteiger partial charge in [0, 0.05) is 36.7 Å². The second-order valence-corrected chi connectivity index (χ2v) is 6.39. The molecule has 2 aromatic carbocycles. The summed E-state index contributed by atoms with van der Waals surface area (Å²) in [4.78, 5) is 24.1. The minimum Gasteiger partial charge on any atom is -0.351 e. The molecule has 2 N–H and O–H groups in total. The van der Waals surface area contributed by atoms with Crippen LogP contribution < -0.4 is 11.2 Å². The molecule has 1 amide bonds. The molecule has 2 aromatic heterocycles. The standard InChI is InChI=1S/C20H18N4O3/c1-22-9-8-15-3-2-14(12-18(15)22)13-23-10-11-24(20(23)26)17-6-4-16(5-7-17)19(25)21-27/h2-12,27H,13H2,1H3,(H,21,25). The Balaban J connectivity index is 1.62. The highest BCUT2D eigenvalue weighted by molar-refractivity contribution is 5.93. The average Bonchev–Trinajstić information content (AvgIpc) is 3.24. The SMILES string of the molecule is Cn1ccc2ccc(Cn3ccn(-c4ccc(C(=O)NO)cc4)c3=O)cc21. The van der Waals surface area contributed by atoms with E-state index in [-0.39, 0.29) is 5.69 Å². The van der Waals surface area contributed by atoms with Gasteiger partial charge >= 0.3 is 5.69 Å². The highest BCUT2D eigenvalue weighted by Gasteiger charge is 2.09. The number of carbonyl (C=O) groups is 1. The predicted molar refractivity (Wildman–Crippen MR) is 101 cm³/mol. The number of rotatable bonds is 4. The normalized spacial score (nSPS) is 11.0. The first-order chi connectivity index (χ1) is 13.1. The van der Waals surface area contributed by atoms with Gasteiger partial charge in [0.2, 0.25) is 0 Å². The quantitative estimate of drug-likeness (QED) is 0.432. The molecule has 2 heterocycles. The smallest absolute Gasteiger partial charge is 0.333 e. The number of fused-ring (bicyclic) bond motifs is 1. The van der Waals surface area contributed by atoms with Gasteiger partial charge in [-0.3, -0.25) is 19.1 Å². The van der Waals surface area contributed by atoms with Crippen LogP contribution in [0.3, 0.4) is 0 Å². The maximum absolute atomic E-state index is 12.7. The highest BCUT2D eigenvalue weighted by Crippen LogP contribution is 2.17. The minimum absolute atomic E-state index is 0.165. The molecule has 0 radical (unpaired) electrons. The Morgan fingerprint density at radius 1 is 1.04 bits per heavy atom. The summed E-state index contributed by atoms with van der Waals surface area (Å²) in [6.45, 7) is 0.470. The van der Waals surface area contributed by atoms with E-state index in [2.05, 4.69) is 22.8 Å². The van der Waals surface area contributed by atoms with E-state index >= 15 is 0 Å². The van der Waals surface area contributed by atoms with Gasteiger partial charge in [-0.1, -0.05) is 12.1 Å². The second-order valence-electron chi connectivity index (χ2n) is 6.39. The Morgan fingerprint density at radius 2 is 1.81 bits per heavy atom. The lowest BCUT2D eigenvalue weighted by Gasteiger charge is -2.05. The Labute approximate surface area is 154 Å². The maximum Gasteiger partial charge on any atom is 0.333 e. The summed E-state index contributed by atoms with van der Waals surface area (Å²) in [5.74, 6) is -0.595. The number of imidazole rings is 1. The van der Waals surface area contributed by atoms with Crippen LogP contribution in [0.25, 0.3) is 16.6 Å². The first-order valence-corrected chi connectivity index (χ1v) is 8.43. The van der Waals surface area contributed by atoms with E-state index in [0.717, 1.165) is 16.5 Å². The Bertz CT molecular complexity index is 1180. The fourth-order valence-corrected chi connectivity index (χ4v) is 3.17. The first kappa shape index (κ1) is 16.9. The number of nitrogens with one attached hydrogen (secondary N) is 1. The molecule has 4 rings (SSSR count). The number of carbonyl (C=O) groups excluding carboxylic acids is 1. The lowest BCUT2D eigenvalue weighted by Crippen LogP contribution is -2.23. The average molecular weight is 362 g/mol. The number of hydroxylamine groups is 1. The van der Waals surface area contributed by atoms with E-state index in [1.807, 2.05) is 19.3 Å². The van der Waals surface area contributed by atoms with Crippen molar-refractivity contribution in [1.82, 2.24) is 19.2 Å². The zero-order chi connectivity index (χ0) is 19.0. The zero-order valence-electron chi connectivity index (χ0n) is 14.7. The molecule has 0 atom stereocenters. The molecular weight excluding hydrogens is 344 g/mol. The third-order valence-electron chi connectivity index (χ3n) is 4.66. The van der Waals surface area contributed by atoms with Crippen LogP contribution in [0.15, 0.2) is 71.9 Å². The molecule has 0 spiro atoms. The predicted octanol–water partition coefficient (Wildman–Crippen LogP) is 2.30. The number of nitrogens with zero attached hydrogens (tertiary/aromatic N) is 3. The Hall–Kier alpha value is -3.58. The van der Waals surface area contributed by atoms with Gasteiger partial charge in [-0.05, 0) is 47.3 Å². The fraction of sp³-hybridized carbons (Fsp3) is 0.100. The molecule has 4 aromatic rings. The molecule has 0 saturated heterocycles. The number of hydrogen-bond acceptors (Lipinski definition) is 3. The van der Waals surface area contributed by atoms with Gasteiger partial charge in [-0.15, -0.1) is 0 Å². The maximum atomic E-state index is 12.7. The first-order valence-electron chi connectivity index (χ1n) is 8.43. The minimum atomic E-state index is -0.595. The van der Waals surface area contributed by atoms with Crippen molar-refractivity contribution in [3.8, 4) is 5.69 Å². The van der Waals surface area contributed by atoms with Crippen LogP contribution >= 0.6 is 0 Å². The number of benzene rings is 2. The van der Waals surface area contributed by atoms with Crippen LogP contribution in [0.2, 0.25) is 0 Å². The molecule has 7 nitrogen and oxygen atoms in total. The molecule has 0 aliphatic heterocycles. The molecule has 136 valence electrons. The number of amides is 1. The van der Waals surface area contributed by atoms with Crippen LogP contribution in [0.4, 0.5) is 0 Å². The van der Waals surface area contributed by atoms with Gasteiger partial charge in [-0.25, -0.2) is 10.3 Å². The molecular formula is C20H18N4O3. The highest BCUT2D eigenvalue weighted by atomic mass is 16.5. The summed E-state index contributed by atoms with van der Waals surface area (Å²) in [6.07, 6.45) is 5.45. The summed E-state index contributed by atoms with van der Waals surface area (Å²) in [5, 5.41) is 9.84. The largest absolute Gasteiger partial charge is 0.351 e. The van der Waals surface area contributed by atoms with Crippen molar-refractivity contribution in [3.63, 3.8) is 0 Å². The van der Waals surface area contributed by atoms with Crippen molar-refractivity contribution in [2.24, 2.45) is 7.05 Å². The van der Waals surface area contributed by atoms with Gasteiger partial charge in [0.25, 0.3) is 5.91 Å². The Kier molecular flexibility index (Phi) is 4.13. The van der Waals surface area contributed by atoms with E-state index in [1.54, 1.807) is 46.7 Å². The van der Waals surface area contributed by atoms with E-state index in [4.69, 9.17) is 5.21 Å². The van der Waals surface area contributed by atoms with Gasteiger partial charge < -0.3 is 4.57 Å². The second kappa shape index (κ2) is 6.62. The topological polar surface area (TPSA) is 81.2 Å². The number of aromatic nitrogens is 3. The van der Waals surface area contributed by atoms with Gasteiger partial charge in [0.05, 0.1) is 12.2 Å². The molecule has 0 saturated carbocycles. The summed E-state index contributed by atoms with van der Waals surface area (Å²) in [5.41, 5.74) is 4.54. The lowest BCUT2D eigenvalue weighted by atomic mass is 10.1. The summed E-state index contributed by atoms with van der Waals surface area (Å²) in [7, 11) is 2.00. The fourth-order valence-electron chi connectivity index (χ4n) is 3.17. The van der Waals surface area contributed by atoms with Crippen LogP contribution in [0, 0.1) is 0 Å². The van der Waals surface area contributed by atoms with Gasteiger partial charge in [0.15, 0.2) is 0 Å². The summed E-state index contributed by atoms with van der Waals surface area (Å²) < 4.78 is 5.21. The molecule has 7 heteroatoms. The van der Waals surface area contributed by atoms with Crippen molar-refractivity contribution < 1.29 is 10.0 Å². The van der Waals surface area contributed by atoms with Crippen LogP contribution in [-0.4, -0.2) is 24.8 Å². The van der Waals surface area contributed by atoms with E-state index in [9.17, 15) is 9.59 Å². The van der Waals surface area contributed by atoms with E-state index < -0.39 is 5.91 Å². The van der Waals surface area contributed by atoms with Crippen molar-refractivity contribution >= 4 is 16.8 Å². The number of aryl methyl sites for hydroxylation is 1. The van der Waals surface area contributed by atoms with Gasteiger partial charge in [-0.2, -0.15) is 0 Å². The van der Waals surface area contributed by atoms with Gasteiger partial charge in [0.1, 0.15) is 0 Å². The van der Waals surface area contributed by atoms with Crippen molar-refractivity contribution in [3.05, 3.63) is 88.7 Å². The van der Waals surface area contributed by atoms with Crippen molar-refractivity contribution in [2.45, 2.75) is 6.54 Å². The summed E-state index contributed by atoms with van der Waals surface area (Å²) in [6, 6.07) is 14.6. The van der Waals surface area contributed by atoms with Crippen molar-refractivity contribution in [1.29, 1.82) is 0 Å². The monoisotopic (exact) mass is 362 g/mol. The molecule has 0 fully saturated rings. The summed E-state index contributed by atoms with van der Waals surface area (Å²) >= 11 is 0. The molecule has 0 unspecified atom stereocenters.